The van der Waals surface area contributed by atoms with Crippen LogP contribution in [0.2, 0.25) is 0 Å². The highest BCUT2D eigenvalue weighted by atomic mass is 16.5. The van der Waals surface area contributed by atoms with E-state index in [-0.39, 0.29) is 11.8 Å². The minimum Gasteiger partial charge on any atom is -0.496 e. The van der Waals surface area contributed by atoms with Crippen LogP contribution in [0.25, 0.3) is 0 Å². The van der Waals surface area contributed by atoms with Crippen LogP contribution in [-0.2, 0) is 11.2 Å². The Kier molecular flexibility index (Phi) is 6.12. The van der Waals surface area contributed by atoms with Crippen LogP contribution in [0.1, 0.15) is 27.9 Å². The molecule has 1 aliphatic rings. The second kappa shape index (κ2) is 8.71. The lowest BCUT2D eigenvalue weighted by Gasteiger charge is -2.22. The van der Waals surface area contributed by atoms with Crippen molar-refractivity contribution < 1.29 is 14.3 Å². The van der Waals surface area contributed by atoms with Gasteiger partial charge < -0.3 is 14.5 Å². The zero-order chi connectivity index (χ0) is 19.2. The van der Waals surface area contributed by atoms with Gasteiger partial charge in [-0.3, -0.25) is 9.59 Å². The lowest BCUT2D eigenvalue weighted by Crippen LogP contribution is -2.38. The predicted octanol–water partition coefficient (Wildman–Crippen LogP) is 2.92. The van der Waals surface area contributed by atoms with Crippen LogP contribution >= 0.6 is 0 Å². The number of hydrogen-bond donors (Lipinski definition) is 0. The van der Waals surface area contributed by atoms with Gasteiger partial charge in [0.05, 0.1) is 13.5 Å². The number of benzene rings is 2. The molecule has 1 saturated heterocycles. The van der Waals surface area contributed by atoms with E-state index in [0.717, 1.165) is 23.3 Å². The van der Waals surface area contributed by atoms with Gasteiger partial charge in [-0.1, -0.05) is 35.9 Å². The Morgan fingerprint density at radius 3 is 2.33 bits per heavy atom. The molecule has 0 bridgehead atoms. The van der Waals surface area contributed by atoms with Gasteiger partial charge in [0.1, 0.15) is 5.75 Å². The molecule has 5 nitrogen and oxygen atoms in total. The zero-order valence-corrected chi connectivity index (χ0v) is 16.0. The van der Waals surface area contributed by atoms with Crippen molar-refractivity contribution in [2.45, 2.75) is 19.8 Å². The molecule has 0 spiro atoms. The van der Waals surface area contributed by atoms with Crippen molar-refractivity contribution in [2.24, 2.45) is 0 Å². The van der Waals surface area contributed by atoms with Gasteiger partial charge in [-0.25, -0.2) is 0 Å². The van der Waals surface area contributed by atoms with Gasteiger partial charge in [0, 0.05) is 37.3 Å². The quantitative estimate of drug-likeness (QED) is 0.836. The van der Waals surface area contributed by atoms with Crippen molar-refractivity contribution in [1.82, 2.24) is 9.80 Å². The number of methoxy groups -OCH3 is 1. The van der Waals surface area contributed by atoms with E-state index >= 15 is 0 Å². The molecule has 1 aliphatic heterocycles. The summed E-state index contributed by atoms with van der Waals surface area (Å²) in [6.07, 6.45) is 1.10. The first-order valence-corrected chi connectivity index (χ1v) is 9.34. The number of aryl methyl sites for hydroxylation is 1. The largest absolute Gasteiger partial charge is 0.496 e. The number of rotatable bonds is 4. The Bertz CT molecular complexity index is 801. The Balaban J connectivity index is 1.61. The predicted molar refractivity (Wildman–Crippen MR) is 105 cm³/mol. The number of hydrogen-bond acceptors (Lipinski definition) is 3. The molecule has 142 valence electrons. The maximum atomic E-state index is 12.7. The highest BCUT2D eigenvalue weighted by molar-refractivity contribution is 5.94. The topological polar surface area (TPSA) is 49.9 Å². The zero-order valence-electron chi connectivity index (χ0n) is 16.0. The van der Waals surface area contributed by atoms with Gasteiger partial charge in [-0.05, 0) is 31.5 Å². The lowest BCUT2D eigenvalue weighted by atomic mass is 10.1. The molecule has 2 aromatic carbocycles. The molecule has 27 heavy (non-hydrogen) atoms. The number of nitrogens with zero attached hydrogens (tertiary/aromatic N) is 2. The number of ether oxygens (including phenoxy) is 1. The van der Waals surface area contributed by atoms with Crippen LogP contribution in [0.3, 0.4) is 0 Å². The third kappa shape index (κ3) is 4.67. The molecule has 2 aromatic rings. The molecule has 5 heteroatoms. The highest BCUT2D eigenvalue weighted by Crippen LogP contribution is 2.19. The fraction of sp³-hybridized carbons (Fsp3) is 0.364. The first-order valence-electron chi connectivity index (χ1n) is 9.34. The van der Waals surface area contributed by atoms with Crippen molar-refractivity contribution in [3.8, 4) is 5.75 Å². The summed E-state index contributed by atoms with van der Waals surface area (Å²) in [5.74, 6) is 0.843. The molecule has 0 saturated carbocycles. The Hall–Kier alpha value is -2.82. The number of carbonyl (C=O) groups excluding carboxylic acids is 2. The van der Waals surface area contributed by atoms with Crippen LogP contribution in [0, 0.1) is 6.92 Å². The molecule has 2 amide bonds. The molecule has 1 heterocycles. The molecule has 0 radical (unpaired) electrons. The molecule has 0 aliphatic carbocycles. The van der Waals surface area contributed by atoms with Gasteiger partial charge in [0.25, 0.3) is 5.91 Å². The fourth-order valence-corrected chi connectivity index (χ4v) is 3.37. The molecular weight excluding hydrogens is 340 g/mol. The summed E-state index contributed by atoms with van der Waals surface area (Å²) in [5, 5.41) is 0. The number of carbonyl (C=O) groups is 2. The van der Waals surface area contributed by atoms with Gasteiger partial charge in [0.15, 0.2) is 0 Å². The fourth-order valence-electron chi connectivity index (χ4n) is 3.37. The van der Waals surface area contributed by atoms with Gasteiger partial charge >= 0.3 is 0 Å². The van der Waals surface area contributed by atoms with Crippen molar-refractivity contribution >= 4 is 11.8 Å². The van der Waals surface area contributed by atoms with Crippen LogP contribution in [0.4, 0.5) is 0 Å². The second-order valence-corrected chi connectivity index (χ2v) is 6.88. The van der Waals surface area contributed by atoms with E-state index in [0.29, 0.717) is 38.2 Å². The molecule has 0 N–H and O–H groups in total. The summed E-state index contributed by atoms with van der Waals surface area (Å²) in [6, 6.07) is 15.2. The normalized spacial score (nSPS) is 14.6. The van der Waals surface area contributed by atoms with Crippen LogP contribution in [-0.4, -0.2) is 54.9 Å². The maximum Gasteiger partial charge on any atom is 0.253 e. The van der Waals surface area contributed by atoms with Crippen molar-refractivity contribution in [3.05, 3.63) is 65.2 Å². The van der Waals surface area contributed by atoms with Crippen molar-refractivity contribution in [1.29, 1.82) is 0 Å². The average Bonchev–Trinajstić information content (AvgIpc) is 2.95. The monoisotopic (exact) mass is 366 g/mol. The Morgan fingerprint density at radius 1 is 0.926 bits per heavy atom. The summed E-state index contributed by atoms with van der Waals surface area (Å²) >= 11 is 0. The minimum absolute atomic E-state index is 0.0361. The van der Waals surface area contributed by atoms with Gasteiger partial charge in [-0.2, -0.15) is 0 Å². The van der Waals surface area contributed by atoms with E-state index in [1.54, 1.807) is 7.11 Å². The smallest absolute Gasteiger partial charge is 0.253 e. The van der Waals surface area contributed by atoms with E-state index in [1.807, 2.05) is 65.3 Å². The minimum atomic E-state index is 0.0361. The van der Waals surface area contributed by atoms with E-state index in [4.69, 9.17) is 4.74 Å². The van der Waals surface area contributed by atoms with E-state index in [9.17, 15) is 9.59 Å². The first-order chi connectivity index (χ1) is 13.1. The molecule has 0 atom stereocenters. The molecular formula is C22H26N2O3. The standard InChI is InChI=1S/C22H26N2O3/c1-17-8-10-18(11-9-17)22(26)24-13-5-12-23(14-15-24)21(25)16-19-6-3-4-7-20(19)27-2/h3-4,6-11H,5,12-16H2,1-2H3. The van der Waals surface area contributed by atoms with E-state index in [1.165, 1.54) is 0 Å². The summed E-state index contributed by atoms with van der Waals surface area (Å²) < 4.78 is 5.34. The summed E-state index contributed by atoms with van der Waals surface area (Å²) in [5.41, 5.74) is 2.73. The summed E-state index contributed by atoms with van der Waals surface area (Å²) in [4.78, 5) is 29.2. The summed E-state index contributed by atoms with van der Waals surface area (Å²) in [7, 11) is 1.61. The lowest BCUT2D eigenvalue weighted by molar-refractivity contribution is -0.130. The maximum absolute atomic E-state index is 12.7. The van der Waals surface area contributed by atoms with E-state index < -0.39 is 0 Å². The first kappa shape index (κ1) is 19.0. The van der Waals surface area contributed by atoms with E-state index in [2.05, 4.69) is 0 Å². The Labute approximate surface area is 160 Å². The van der Waals surface area contributed by atoms with Crippen LogP contribution < -0.4 is 4.74 Å². The van der Waals surface area contributed by atoms with Crippen LogP contribution in [0.5, 0.6) is 5.75 Å². The van der Waals surface area contributed by atoms with Crippen molar-refractivity contribution in [3.63, 3.8) is 0 Å². The second-order valence-electron chi connectivity index (χ2n) is 6.88. The van der Waals surface area contributed by atoms with Crippen LogP contribution in [0.15, 0.2) is 48.5 Å². The third-order valence-electron chi connectivity index (χ3n) is 4.97. The summed E-state index contributed by atoms with van der Waals surface area (Å²) in [6.45, 7) is 4.47. The van der Waals surface area contributed by atoms with Crippen molar-refractivity contribution in [2.75, 3.05) is 33.3 Å². The molecule has 0 unspecified atom stereocenters. The SMILES string of the molecule is COc1ccccc1CC(=O)N1CCCN(C(=O)c2ccc(C)cc2)CC1. The van der Waals surface area contributed by atoms with Gasteiger partial charge in [-0.15, -0.1) is 0 Å². The number of para-hydroxylation sites is 1. The highest BCUT2D eigenvalue weighted by Gasteiger charge is 2.23. The van der Waals surface area contributed by atoms with Gasteiger partial charge in [0.2, 0.25) is 5.91 Å². The number of amides is 2. The molecule has 0 aromatic heterocycles. The Morgan fingerprint density at radius 2 is 1.59 bits per heavy atom. The molecule has 1 fully saturated rings. The third-order valence-corrected chi connectivity index (χ3v) is 4.97. The average molecular weight is 366 g/mol. The molecule has 3 rings (SSSR count).